The first kappa shape index (κ1) is 25.8. The highest BCUT2D eigenvalue weighted by Gasteiger charge is 2.27. The van der Waals surface area contributed by atoms with E-state index < -0.39 is 5.60 Å². The number of morpholine rings is 1. The van der Waals surface area contributed by atoms with Crippen molar-refractivity contribution in [3.05, 3.63) is 65.9 Å². The van der Waals surface area contributed by atoms with E-state index in [2.05, 4.69) is 15.9 Å². The molecule has 0 bridgehead atoms. The lowest BCUT2D eigenvalue weighted by Gasteiger charge is -2.40. The highest BCUT2D eigenvalue weighted by Crippen LogP contribution is 2.29. The third kappa shape index (κ3) is 6.53. The van der Waals surface area contributed by atoms with Gasteiger partial charge in [-0.25, -0.2) is 4.79 Å². The number of piperidine rings is 1. The van der Waals surface area contributed by atoms with Crippen LogP contribution in [-0.2, 0) is 22.6 Å². The third-order valence-electron chi connectivity index (χ3n) is 7.21. The molecule has 0 spiro atoms. The van der Waals surface area contributed by atoms with E-state index in [1.807, 2.05) is 69.4 Å². The molecule has 5 rings (SSSR count). The molecule has 0 amide bonds. The third-order valence-corrected chi connectivity index (χ3v) is 7.21. The Balaban J connectivity index is 1.33. The number of hydrogen-bond donors (Lipinski definition) is 0. The van der Waals surface area contributed by atoms with Crippen molar-refractivity contribution >= 4 is 17.0 Å². The first-order valence-corrected chi connectivity index (χ1v) is 13.4. The van der Waals surface area contributed by atoms with Gasteiger partial charge in [-0.1, -0.05) is 30.3 Å². The van der Waals surface area contributed by atoms with Gasteiger partial charge in [-0.3, -0.25) is 14.4 Å². The van der Waals surface area contributed by atoms with E-state index in [-0.39, 0.29) is 6.09 Å². The van der Waals surface area contributed by atoms with Gasteiger partial charge in [-0.05, 0) is 70.0 Å². The predicted octanol–water partition coefficient (Wildman–Crippen LogP) is 5.30. The minimum Gasteiger partial charge on any atom is -0.489 e. The molecule has 37 heavy (non-hydrogen) atoms. The lowest BCUT2D eigenvalue weighted by Crippen LogP contribution is -2.48. The normalized spacial score (nSPS) is 18.2. The van der Waals surface area contributed by atoms with Crippen LogP contribution >= 0.6 is 0 Å². The average molecular weight is 506 g/mol. The van der Waals surface area contributed by atoms with Gasteiger partial charge in [-0.2, -0.15) is 0 Å². The van der Waals surface area contributed by atoms with Crippen molar-refractivity contribution in [2.75, 3.05) is 39.4 Å². The molecular weight excluding hydrogens is 466 g/mol. The maximum Gasteiger partial charge on any atom is 0.419 e. The van der Waals surface area contributed by atoms with Crippen LogP contribution in [0.5, 0.6) is 5.75 Å². The second kappa shape index (κ2) is 11.3. The van der Waals surface area contributed by atoms with Crippen LogP contribution in [0.25, 0.3) is 10.9 Å². The molecule has 7 heteroatoms. The van der Waals surface area contributed by atoms with E-state index >= 15 is 0 Å². The fraction of sp³-hybridized carbons (Fsp3) is 0.500. The monoisotopic (exact) mass is 505 g/mol. The summed E-state index contributed by atoms with van der Waals surface area (Å²) in [5.41, 5.74) is 2.49. The summed E-state index contributed by atoms with van der Waals surface area (Å²) < 4.78 is 19.0. The Morgan fingerprint density at radius 3 is 2.43 bits per heavy atom. The summed E-state index contributed by atoms with van der Waals surface area (Å²) in [6.45, 7) is 12.9. The fourth-order valence-corrected chi connectivity index (χ4v) is 5.32. The van der Waals surface area contributed by atoms with Gasteiger partial charge in [0.05, 0.1) is 18.7 Å². The molecule has 1 aromatic heterocycles. The highest BCUT2D eigenvalue weighted by atomic mass is 16.6. The largest absolute Gasteiger partial charge is 0.489 e. The van der Waals surface area contributed by atoms with Crippen molar-refractivity contribution < 1.29 is 19.0 Å². The van der Waals surface area contributed by atoms with Crippen molar-refractivity contribution in [2.24, 2.45) is 0 Å². The topological polar surface area (TPSA) is 56.2 Å². The summed E-state index contributed by atoms with van der Waals surface area (Å²) in [7, 11) is 0. The standard InChI is InChI=1S/C30H39N3O4/c1-30(2,3)37-29(34)33-21-24(20-31-13-11-25(12-14-31)32-15-17-35-18-16-32)27-10-9-26(19-28(27)33)36-22-23-7-5-4-6-8-23/h4-10,19,21,25H,11-18,20,22H2,1-3H3. The first-order valence-electron chi connectivity index (χ1n) is 13.4. The van der Waals surface area contributed by atoms with Gasteiger partial charge in [0.25, 0.3) is 0 Å². The number of carbonyl (C=O) groups is 1. The Labute approximate surface area is 219 Å². The van der Waals surface area contributed by atoms with Crippen LogP contribution in [0.3, 0.4) is 0 Å². The maximum atomic E-state index is 13.2. The highest BCUT2D eigenvalue weighted by molar-refractivity contribution is 5.93. The molecule has 0 atom stereocenters. The molecule has 2 saturated heterocycles. The Hall–Kier alpha value is -2.87. The Bertz CT molecular complexity index is 1190. The maximum absolute atomic E-state index is 13.2. The van der Waals surface area contributed by atoms with E-state index in [0.29, 0.717) is 12.6 Å². The molecule has 2 aliphatic heterocycles. The number of likely N-dealkylation sites (tertiary alicyclic amines) is 1. The van der Waals surface area contributed by atoms with Crippen LogP contribution in [-0.4, -0.2) is 71.5 Å². The number of nitrogens with zero attached hydrogens (tertiary/aromatic N) is 3. The van der Waals surface area contributed by atoms with Gasteiger partial charge < -0.3 is 14.2 Å². The molecule has 3 aromatic rings. The molecule has 2 aromatic carbocycles. The molecule has 0 aliphatic carbocycles. The number of carbonyl (C=O) groups excluding carboxylic acids is 1. The zero-order valence-electron chi connectivity index (χ0n) is 22.3. The van der Waals surface area contributed by atoms with Crippen LogP contribution < -0.4 is 4.74 Å². The van der Waals surface area contributed by atoms with E-state index in [4.69, 9.17) is 14.2 Å². The van der Waals surface area contributed by atoms with E-state index in [1.165, 1.54) is 12.8 Å². The molecule has 0 radical (unpaired) electrons. The number of rotatable bonds is 6. The van der Waals surface area contributed by atoms with Crippen molar-refractivity contribution in [3.8, 4) is 5.75 Å². The summed E-state index contributed by atoms with van der Waals surface area (Å²) in [6.07, 6.45) is 3.92. The molecule has 2 fully saturated rings. The molecule has 3 heterocycles. The van der Waals surface area contributed by atoms with E-state index in [0.717, 1.165) is 73.7 Å². The van der Waals surface area contributed by atoms with E-state index in [9.17, 15) is 4.79 Å². The first-order chi connectivity index (χ1) is 17.9. The van der Waals surface area contributed by atoms with Crippen molar-refractivity contribution in [1.29, 1.82) is 0 Å². The zero-order valence-corrected chi connectivity index (χ0v) is 22.3. The Morgan fingerprint density at radius 2 is 1.73 bits per heavy atom. The molecule has 0 unspecified atom stereocenters. The van der Waals surface area contributed by atoms with Gasteiger partial charge >= 0.3 is 6.09 Å². The Kier molecular flexibility index (Phi) is 7.84. The van der Waals surface area contributed by atoms with Crippen LogP contribution in [0.15, 0.2) is 54.7 Å². The van der Waals surface area contributed by atoms with Crippen molar-refractivity contribution in [2.45, 2.75) is 58.4 Å². The molecular formula is C30H39N3O4. The number of hydrogen-bond acceptors (Lipinski definition) is 6. The van der Waals surface area contributed by atoms with Crippen LogP contribution in [0.4, 0.5) is 4.79 Å². The molecule has 0 N–H and O–H groups in total. The summed E-state index contributed by atoms with van der Waals surface area (Å²) in [5.74, 6) is 0.733. The minimum atomic E-state index is -0.573. The summed E-state index contributed by atoms with van der Waals surface area (Å²) in [4.78, 5) is 18.3. The van der Waals surface area contributed by atoms with Crippen molar-refractivity contribution in [1.82, 2.24) is 14.4 Å². The molecule has 7 nitrogen and oxygen atoms in total. The van der Waals surface area contributed by atoms with Gasteiger partial charge in [0, 0.05) is 43.3 Å². The van der Waals surface area contributed by atoms with Gasteiger partial charge in [0.2, 0.25) is 0 Å². The quantitative estimate of drug-likeness (QED) is 0.453. The van der Waals surface area contributed by atoms with Crippen molar-refractivity contribution in [3.63, 3.8) is 0 Å². The van der Waals surface area contributed by atoms with E-state index in [1.54, 1.807) is 4.57 Å². The van der Waals surface area contributed by atoms with Gasteiger partial charge in [0.1, 0.15) is 18.0 Å². The number of fused-ring (bicyclic) bond motifs is 1. The van der Waals surface area contributed by atoms with Crippen LogP contribution in [0, 0.1) is 0 Å². The second-order valence-corrected chi connectivity index (χ2v) is 11.1. The van der Waals surface area contributed by atoms with Gasteiger partial charge in [-0.15, -0.1) is 0 Å². The molecule has 0 saturated carbocycles. The number of benzene rings is 2. The minimum absolute atomic E-state index is 0.366. The zero-order chi connectivity index (χ0) is 25.8. The number of aromatic nitrogens is 1. The lowest BCUT2D eigenvalue weighted by atomic mass is 10.0. The van der Waals surface area contributed by atoms with Crippen LogP contribution in [0.1, 0.15) is 44.7 Å². The lowest BCUT2D eigenvalue weighted by molar-refractivity contribution is 0.000252. The predicted molar refractivity (Wildman–Crippen MR) is 145 cm³/mol. The SMILES string of the molecule is CC(C)(C)OC(=O)n1cc(CN2CCC(N3CCOCC3)CC2)c2ccc(OCc3ccccc3)cc21. The number of ether oxygens (including phenoxy) is 3. The summed E-state index contributed by atoms with van der Waals surface area (Å²) in [5, 5.41) is 1.06. The average Bonchev–Trinajstić information content (AvgIpc) is 3.26. The summed E-state index contributed by atoms with van der Waals surface area (Å²) in [6, 6.07) is 16.8. The second-order valence-electron chi connectivity index (χ2n) is 11.1. The van der Waals surface area contributed by atoms with Crippen LogP contribution in [0.2, 0.25) is 0 Å². The molecule has 2 aliphatic rings. The smallest absolute Gasteiger partial charge is 0.419 e. The Morgan fingerprint density at radius 1 is 1.00 bits per heavy atom. The fourth-order valence-electron chi connectivity index (χ4n) is 5.32. The van der Waals surface area contributed by atoms with Gasteiger partial charge in [0.15, 0.2) is 0 Å². The summed E-state index contributed by atoms with van der Waals surface area (Å²) >= 11 is 0. The molecule has 198 valence electrons.